The van der Waals surface area contributed by atoms with Crippen LogP contribution < -0.4 is 0 Å². The fourth-order valence-electron chi connectivity index (χ4n) is 1.81. The first kappa shape index (κ1) is 13.0. The van der Waals surface area contributed by atoms with Gasteiger partial charge in [0.05, 0.1) is 15.1 Å². The third-order valence-corrected chi connectivity index (χ3v) is 4.72. The molecule has 0 fully saturated rings. The summed E-state index contributed by atoms with van der Waals surface area (Å²) < 4.78 is 0.956. The molecule has 0 bridgehead atoms. The molecule has 3 rings (SSSR count). The molecule has 100 valence electrons. The first-order valence-corrected chi connectivity index (χ1v) is 7.54. The lowest BCUT2D eigenvalue weighted by atomic mass is 10.3. The van der Waals surface area contributed by atoms with Gasteiger partial charge in [0.1, 0.15) is 5.01 Å². The largest absolute Gasteiger partial charge is 0.271 e. The second kappa shape index (κ2) is 5.15. The number of thiophene rings is 1. The maximum Gasteiger partial charge on any atom is 0.271 e. The Bertz CT molecular complexity index is 818. The zero-order valence-electron chi connectivity index (χ0n) is 10.6. The summed E-state index contributed by atoms with van der Waals surface area (Å²) in [6.45, 7) is 2.07. The lowest BCUT2D eigenvalue weighted by molar-refractivity contribution is -0.384. The number of non-ortho nitro benzene ring substituents is 1. The molecular weight excluding hydrogens is 292 g/mol. The van der Waals surface area contributed by atoms with Crippen LogP contribution in [0.2, 0.25) is 0 Å². The second-order valence-electron chi connectivity index (χ2n) is 4.24. The fourth-order valence-corrected chi connectivity index (χ4v) is 3.45. The number of hydrogen-bond acceptors (Lipinski definition) is 5. The summed E-state index contributed by atoms with van der Waals surface area (Å²) in [6.07, 6.45) is 3.96. The van der Waals surface area contributed by atoms with E-state index in [1.807, 2.05) is 12.2 Å². The number of nitro groups is 1. The van der Waals surface area contributed by atoms with Crippen LogP contribution in [0.4, 0.5) is 5.69 Å². The van der Waals surface area contributed by atoms with Crippen LogP contribution in [0, 0.1) is 17.0 Å². The van der Waals surface area contributed by atoms with E-state index in [0.717, 1.165) is 9.71 Å². The molecular formula is C14H10N2O2S2. The molecule has 0 unspecified atom stereocenters. The molecule has 20 heavy (non-hydrogen) atoms. The van der Waals surface area contributed by atoms with E-state index < -0.39 is 4.92 Å². The van der Waals surface area contributed by atoms with Gasteiger partial charge in [-0.1, -0.05) is 0 Å². The van der Waals surface area contributed by atoms with Crippen LogP contribution >= 0.6 is 22.7 Å². The summed E-state index contributed by atoms with van der Waals surface area (Å²) >= 11 is 3.25. The van der Waals surface area contributed by atoms with Gasteiger partial charge in [-0.3, -0.25) is 10.1 Å². The van der Waals surface area contributed by atoms with E-state index in [4.69, 9.17) is 0 Å². The Morgan fingerprint density at radius 3 is 2.75 bits per heavy atom. The molecule has 3 aromatic rings. The molecule has 4 nitrogen and oxygen atoms in total. The van der Waals surface area contributed by atoms with E-state index in [0.29, 0.717) is 5.52 Å². The van der Waals surface area contributed by atoms with Crippen LogP contribution in [0.15, 0.2) is 30.3 Å². The topological polar surface area (TPSA) is 56.0 Å². The Labute approximate surface area is 123 Å². The number of nitrogens with zero attached hydrogens (tertiary/aromatic N) is 2. The van der Waals surface area contributed by atoms with Crippen molar-refractivity contribution in [3.05, 3.63) is 55.2 Å². The number of hydrogen-bond donors (Lipinski definition) is 0. The van der Waals surface area contributed by atoms with Crippen molar-refractivity contribution in [3.63, 3.8) is 0 Å². The molecule has 0 saturated heterocycles. The smallest absolute Gasteiger partial charge is 0.258 e. The number of benzene rings is 1. The van der Waals surface area contributed by atoms with Crippen LogP contribution in [0.5, 0.6) is 0 Å². The Morgan fingerprint density at radius 2 is 2.05 bits per heavy atom. The molecule has 1 aromatic carbocycles. The zero-order valence-corrected chi connectivity index (χ0v) is 12.2. The lowest BCUT2D eigenvalue weighted by Crippen LogP contribution is -1.86. The summed E-state index contributed by atoms with van der Waals surface area (Å²) in [7, 11) is 0. The predicted octanol–water partition coefficient (Wildman–Crippen LogP) is 4.74. The Morgan fingerprint density at radius 1 is 1.20 bits per heavy atom. The van der Waals surface area contributed by atoms with Crippen molar-refractivity contribution in [2.45, 2.75) is 6.92 Å². The highest BCUT2D eigenvalue weighted by atomic mass is 32.1. The Kier molecular flexibility index (Phi) is 3.33. The van der Waals surface area contributed by atoms with Gasteiger partial charge in [0.25, 0.3) is 5.69 Å². The van der Waals surface area contributed by atoms with Gasteiger partial charge in [-0.25, -0.2) is 4.98 Å². The van der Waals surface area contributed by atoms with Crippen molar-refractivity contribution in [1.82, 2.24) is 4.98 Å². The lowest BCUT2D eigenvalue weighted by Gasteiger charge is -1.89. The summed E-state index contributed by atoms with van der Waals surface area (Å²) in [5, 5.41) is 11.6. The molecule has 2 aromatic heterocycles. The van der Waals surface area contributed by atoms with Crippen LogP contribution in [0.25, 0.3) is 22.4 Å². The minimum atomic E-state index is -0.400. The zero-order chi connectivity index (χ0) is 14.1. The molecule has 0 N–H and O–H groups in total. The standard InChI is InChI=1S/C14H10N2O2S2/c1-9-2-4-11(19-9)5-7-14-15-12-8-10(16(17)18)3-6-13(12)20-14/h2-8H,1H3/b7-5+. The summed E-state index contributed by atoms with van der Waals surface area (Å²) in [5.41, 5.74) is 0.749. The fraction of sp³-hybridized carbons (Fsp3) is 0.0714. The van der Waals surface area contributed by atoms with E-state index >= 15 is 0 Å². The number of aromatic nitrogens is 1. The monoisotopic (exact) mass is 302 g/mol. The molecule has 0 aliphatic carbocycles. The minimum Gasteiger partial charge on any atom is -0.258 e. The van der Waals surface area contributed by atoms with Crippen molar-refractivity contribution >= 4 is 50.7 Å². The minimum absolute atomic E-state index is 0.0761. The van der Waals surface area contributed by atoms with Gasteiger partial charge < -0.3 is 0 Å². The molecule has 0 aliphatic heterocycles. The number of fused-ring (bicyclic) bond motifs is 1. The first-order chi connectivity index (χ1) is 9.61. The Balaban J connectivity index is 1.92. The van der Waals surface area contributed by atoms with Gasteiger partial charge in [-0.15, -0.1) is 22.7 Å². The van der Waals surface area contributed by atoms with Crippen molar-refractivity contribution in [2.24, 2.45) is 0 Å². The summed E-state index contributed by atoms with van der Waals surface area (Å²) in [4.78, 5) is 17.2. The third kappa shape index (κ3) is 2.61. The normalized spacial score (nSPS) is 11.4. The summed E-state index contributed by atoms with van der Waals surface area (Å²) in [6, 6.07) is 8.91. The highest BCUT2D eigenvalue weighted by molar-refractivity contribution is 7.19. The molecule has 6 heteroatoms. The molecule has 0 aliphatic rings. The van der Waals surface area contributed by atoms with Gasteiger partial charge in [0.15, 0.2) is 0 Å². The predicted molar refractivity (Wildman–Crippen MR) is 84.3 cm³/mol. The molecule has 0 atom stereocenters. The number of rotatable bonds is 3. The van der Waals surface area contributed by atoms with Gasteiger partial charge in [-0.05, 0) is 37.3 Å². The van der Waals surface area contributed by atoms with Crippen LogP contribution in [-0.2, 0) is 0 Å². The van der Waals surface area contributed by atoms with E-state index in [9.17, 15) is 10.1 Å². The maximum absolute atomic E-state index is 10.7. The van der Waals surface area contributed by atoms with E-state index in [-0.39, 0.29) is 5.69 Å². The highest BCUT2D eigenvalue weighted by Crippen LogP contribution is 2.27. The first-order valence-electron chi connectivity index (χ1n) is 5.91. The molecule has 0 amide bonds. The van der Waals surface area contributed by atoms with Crippen LogP contribution in [0.1, 0.15) is 14.8 Å². The van der Waals surface area contributed by atoms with Crippen LogP contribution in [0.3, 0.4) is 0 Å². The average molecular weight is 302 g/mol. The molecule has 0 spiro atoms. The van der Waals surface area contributed by atoms with E-state index in [1.54, 1.807) is 17.4 Å². The van der Waals surface area contributed by atoms with E-state index in [2.05, 4.69) is 24.0 Å². The van der Waals surface area contributed by atoms with Gasteiger partial charge in [0.2, 0.25) is 0 Å². The highest BCUT2D eigenvalue weighted by Gasteiger charge is 2.09. The van der Waals surface area contributed by atoms with Gasteiger partial charge in [0, 0.05) is 21.9 Å². The van der Waals surface area contributed by atoms with Crippen molar-refractivity contribution < 1.29 is 4.92 Å². The maximum atomic E-state index is 10.7. The van der Waals surface area contributed by atoms with Gasteiger partial charge in [-0.2, -0.15) is 0 Å². The quantitative estimate of drug-likeness (QED) is 0.518. The number of thiazole rings is 1. The van der Waals surface area contributed by atoms with Crippen LogP contribution in [-0.4, -0.2) is 9.91 Å². The molecule has 0 radical (unpaired) electrons. The Hall–Kier alpha value is -2.05. The molecule has 0 saturated carbocycles. The van der Waals surface area contributed by atoms with Crippen molar-refractivity contribution in [2.75, 3.05) is 0 Å². The summed E-state index contributed by atoms with van der Waals surface area (Å²) in [5.74, 6) is 0. The second-order valence-corrected chi connectivity index (χ2v) is 6.62. The molecule has 2 heterocycles. The third-order valence-electron chi connectivity index (χ3n) is 2.75. The van der Waals surface area contributed by atoms with Crippen molar-refractivity contribution in [3.8, 4) is 0 Å². The number of nitro benzene ring substituents is 1. The average Bonchev–Trinajstić information content (AvgIpc) is 3.00. The van der Waals surface area contributed by atoms with Crippen molar-refractivity contribution in [1.29, 1.82) is 0 Å². The number of aryl methyl sites for hydroxylation is 1. The van der Waals surface area contributed by atoms with Gasteiger partial charge >= 0.3 is 0 Å². The van der Waals surface area contributed by atoms with E-state index in [1.165, 1.54) is 33.2 Å². The SMILES string of the molecule is Cc1ccc(/C=C/c2nc3cc([N+](=O)[O-])ccc3s2)s1.